The fourth-order valence-corrected chi connectivity index (χ4v) is 4.98. The summed E-state index contributed by atoms with van der Waals surface area (Å²) in [7, 11) is 1.67. The average molecular weight is 341 g/mol. The third-order valence-corrected chi connectivity index (χ3v) is 6.16. The first-order chi connectivity index (χ1) is 12.1. The molecule has 1 aliphatic carbocycles. The molecule has 1 spiro atoms. The van der Waals surface area contributed by atoms with E-state index in [-0.39, 0.29) is 5.91 Å². The quantitative estimate of drug-likeness (QED) is 0.825. The van der Waals surface area contributed by atoms with Gasteiger partial charge in [-0.25, -0.2) is 0 Å². The highest BCUT2D eigenvalue weighted by Gasteiger charge is 2.60. The number of carbonyl (C=O) groups is 1. The van der Waals surface area contributed by atoms with Crippen LogP contribution >= 0.6 is 0 Å². The average Bonchev–Trinajstić information content (AvgIpc) is 3.23. The largest absolute Gasteiger partial charge is 0.383 e. The number of amides is 1. The molecule has 0 unspecified atom stereocenters. The summed E-state index contributed by atoms with van der Waals surface area (Å²) in [6.45, 7) is 6.16. The van der Waals surface area contributed by atoms with E-state index in [4.69, 9.17) is 9.73 Å². The van der Waals surface area contributed by atoms with Crippen LogP contribution in [0, 0.1) is 11.8 Å². The number of hydrogen-bond donors (Lipinski definition) is 0. The predicted octanol–water partition coefficient (Wildman–Crippen LogP) is 2.17. The molecule has 3 aliphatic rings. The lowest BCUT2D eigenvalue weighted by molar-refractivity contribution is -0.132. The summed E-state index contributed by atoms with van der Waals surface area (Å²) in [5, 5.41) is 0. The van der Waals surface area contributed by atoms with Crippen LogP contribution in [0.4, 0.5) is 0 Å². The molecule has 2 aliphatic heterocycles. The van der Waals surface area contributed by atoms with Crippen LogP contribution in [0.1, 0.15) is 25.3 Å². The van der Waals surface area contributed by atoms with Gasteiger partial charge in [-0.15, -0.1) is 0 Å². The van der Waals surface area contributed by atoms with Gasteiger partial charge in [-0.05, 0) is 31.2 Å². The summed E-state index contributed by atoms with van der Waals surface area (Å²) in [6, 6.07) is 10.6. The number of methoxy groups -OCH3 is 1. The van der Waals surface area contributed by atoms with Crippen LogP contribution in [-0.2, 0) is 16.1 Å². The maximum Gasteiger partial charge on any atom is 0.256 e. The molecule has 0 radical (unpaired) electrons. The number of hydrogen-bond acceptors (Lipinski definition) is 4. The van der Waals surface area contributed by atoms with Gasteiger partial charge >= 0.3 is 0 Å². The molecular weight excluding hydrogens is 314 g/mol. The van der Waals surface area contributed by atoms with Crippen molar-refractivity contribution in [2.75, 3.05) is 33.4 Å². The Hall–Kier alpha value is -1.72. The number of aliphatic imine (C=N–C) groups is 1. The van der Waals surface area contributed by atoms with Crippen LogP contribution in [-0.4, -0.2) is 60.4 Å². The van der Waals surface area contributed by atoms with E-state index in [9.17, 15) is 4.79 Å². The SMILES string of the molecule is COCCN1C(=O)[C@]2(CC[C@@H]3CN(Cc4ccccc4)C[C@@H]32)N=C1C. The number of nitrogens with zero attached hydrogens (tertiary/aromatic N) is 3. The van der Waals surface area contributed by atoms with Gasteiger partial charge in [0.15, 0.2) is 0 Å². The monoisotopic (exact) mass is 341 g/mol. The van der Waals surface area contributed by atoms with Gasteiger partial charge in [-0.3, -0.25) is 19.6 Å². The molecule has 5 nitrogen and oxygen atoms in total. The lowest BCUT2D eigenvalue weighted by Crippen LogP contribution is -2.47. The van der Waals surface area contributed by atoms with Gasteiger partial charge in [0.2, 0.25) is 0 Å². The molecule has 134 valence electrons. The zero-order valence-electron chi connectivity index (χ0n) is 15.1. The number of rotatable bonds is 5. The molecule has 1 saturated heterocycles. The van der Waals surface area contributed by atoms with Crippen LogP contribution in [0.15, 0.2) is 35.3 Å². The Morgan fingerprint density at radius 1 is 1.28 bits per heavy atom. The second-order valence-corrected chi connectivity index (χ2v) is 7.62. The summed E-state index contributed by atoms with van der Waals surface area (Å²) in [5.41, 5.74) is 0.837. The first-order valence-corrected chi connectivity index (χ1v) is 9.27. The lowest BCUT2D eigenvalue weighted by Gasteiger charge is -2.28. The highest BCUT2D eigenvalue weighted by molar-refractivity contribution is 6.07. The van der Waals surface area contributed by atoms with Crippen molar-refractivity contribution < 1.29 is 9.53 Å². The zero-order chi connectivity index (χ0) is 17.4. The van der Waals surface area contributed by atoms with Gasteiger partial charge < -0.3 is 4.74 Å². The summed E-state index contributed by atoms with van der Waals surface area (Å²) in [5.74, 6) is 2.01. The molecule has 25 heavy (non-hydrogen) atoms. The van der Waals surface area contributed by atoms with Crippen molar-refractivity contribution in [2.45, 2.75) is 31.8 Å². The zero-order valence-corrected chi connectivity index (χ0v) is 15.1. The normalized spacial score (nSPS) is 31.8. The number of benzene rings is 1. The van der Waals surface area contributed by atoms with E-state index in [1.807, 2.05) is 11.8 Å². The van der Waals surface area contributed by atoms with E-state index < -0.39 is 5.54 Å². The Balaban J connectivity index is 1.49. The summed E-state index contributed by atoms with van der Waals surface area (Å²) >= 11 is 0. The van der Waals surface area contributed by atoms with Crippen molar-refractivity contribution in [3.63, 3.8) is 0 Å². The number of ether oxygens (including phenoxy) is 1. The second kappa shape index (κ2) is 6.54. The van der Waals surface area contributed by atoms with Gasteiger partial charge in [0.05, 0.1) is 13.2 Å². The molecule has 0 N–H and O–H groups in total. The number of fused-ring (bicyclic) bond motifs is 2. The first-order valence-electron chi connectivity index (χ1n) is 9.27. The topological polar surface area (TPSA) is 45.1 Å². The molecule has 0 bridgehead atoms. The Bertz CT molecular complexity index is 675. The van der Waals surface area contributed by atoms with E-state index in [0.717, 1.165) is 38.3 Å². The van der Waals surface area contributed by atoms with E-state index >= 15 is 0 Å². The van der Waals surface area contributed by atoms with Crippen molar-refractivity contribution in [3.05, 3.63) is 35.9 Å². The molecule has 1 aromatic rings. The van der Waals surface area contributed by atoms with Crippen LogP contribution in [0.25, 0.3) is 0 Å². The van der Waals surface area contributed by atoms with Gasteiger partial charge in [0.25, 0.3) is 5.91 Å². The molecule has 1 aromatic carbocycles. The molecule has 4 rings (SSSR count). The molecule has 3 atom stereocenters. The van der Waals surface area contributed by atoms with Gasteiger partial charge in [0, 0.05) is 32.7 Å². The van der Waals surface area contributed by atoms with Crippen LogP contribution in [0.2, 0.25) is 0 Å². The molecule has 2 fully saturated rings. The number of likely N-dealkylation sites (tertiary alicyclic amines) is 1. The van der Waals surface area contributed by atoms with Crippen molar-refractivity contribution >= 4 is 11.7 Å². The fraction of sp³-hybridized carbons (Fsp3) is 0.600. The van der Waals surface area contributed by atoms with E-state index in [1.165, 1.54) is 5.56 Å². The Labute approximate surface area is 149 Å². The highest BCUT2D eigenvalue weighted by atomic mass is 16.5. The van der Waals surface area contributed by atoms with Crippen LogP contribution in [0.5, 0.6) is 0 Å². The molecule has 2 heterocycles. The molecule has 1 saturated carbocycles. The Morgan fingerprint density at radius 3 is 2.84 bits per heavy atom. The van der Waals surface area contributed by atoms with Gasteiger partial charge in [0.1, 0.15) is 11.4 Å². The standard InChI is InChI=1S/C20H27N3O2/c1-15-21-20(19(24)23(15)10-11-25-2)9-8-17-13-22(14-18(17)20)12-16-6-4-3-5-7-16/h3-7,17-18H,8-14H2,1-2H3/t17-,18+,20-/m1/s1. The Morgan fingerprint density at radius 2 is 2.08 bits per heavy atom. The molecular formula is C20H27N3O2. The lowest BCUT2D eigenvalue weighted by atomic mass is 9.85. The third-order valence-electron chi connectivity index (χ3n) is 6.16. The maximum atomic E-state index is 13.2. The highest BCUT2D eigenvalue weighted by Crippen LogP contribution is 2.50. The fourth-order valence-electron chi connectivity index (χ4n) is 4.98. The summed E-state index contributed by atoms with van der Waals surface area (Å²) in [4.78, 5) is 22.5. The minimum atomic E-state index is -0.506. The second-order valence-electron chi connectivity index (χ2n) is 7.62. The maximum absolute atomic E-state index is 13.2. The van der Waals surface area contributed by atoms with E-state index in [0.29, 0.717) is 25.0 Å². The third kappa shape index (κ3) is 2.79. The van der Waals surface area contributed by atoms with Crippen molar-refractivity contribution in [3.8, 4) is 0 Å². The van der Waals surface area contributed by atoms with Crippen molar-refractivity contribution in [2.24, 2.45) is 16.8 Å². The number of carbonyl (C=O) groups excluding carboxylic acids is 1. The van der Waals surface area contributed by atoms with Crippen molar-refractivity contribution in [1.29, 1.82) is 0 Å². The molecule has 5 heteroatoms. The molecule has 0 aromatic heterocycles. The van der Waals surface area contributed by atoms with Crippen LogP contribution < -0.4 is 0 Å². The first kappa shape index (κ1) is 16.7. The smallest absolute Gasteiger partial charge is 0.256 e. The Kier molecular flexibility index (Phi) is 4.38. The van der Waals surface area contributed by atoms with E-state index in [1.54, 1.807) is 7.11 Å². The number of amidine groups is 1. The molecule has 1 amide bonds. The van der Waals surface area contributed by atoms with Crippen LogP contribution in [0.3, 0.4) is 0 Å². The summed E-state index contributed by atoms with van der Waals surface area (Å²) in [6.07, 6.45) is 2.01. The minimum absolute atomic E-state index is 0.205. The van der Waals surface area contributed by atoms with Crippen molar-refractivity contribution in [1.82, 2.24) is 9.80 Å². The summed E-state index contributed by atoms with van der Waals surface area (Å²) < 4.78 is 5.16. The van der Waals surface area contributed by atoms with Gasteiger partial charge in [-0.1, -0.05) is 30.3 Å². The van der Waals surface area contributed by atoms with Gasteiger partial charge in [-0.2, -0.15) is 0 Å². The minimum Gasteiger partial charge on any atom is -0.383 e. The van der Waals surface area contributed by atoms with E-state index in [2.05, 4.69) is 35.2 Å². The predicted molar refractivity (Wildman–Crippen MR) is 97.4 cm³/mol.